The van der Waals surface area contributed by atoms with Gasteiger partial charge in [0.15, 0.2) is 0 Å². The van der Waals surface area contributed by atoms with Crippen molar-refractivity contribution in [3.8, 4) is 5.75 Å². The van der Waals surface area contributed by atoms with Crippen molar-refractivity contribution in [2.75, 3.05) is 0 Å². The quantitative estimate of drug-likeness (QED) is 0.801. The molecule has 4 nitrogen and oxygen atoms in total. The number of hydrogen-bond donors (Lipinski definition) is 0. The Morgan fingerprint density at radius 1 is 1.38 bits per heavy atom. The molecule has 0 atom stereocenters. The van der Waals surface area contributed by atoms with Gasteiger partial charge in [0.05, 0.1) is 11.1 Å². The number of benzene rings is 1. The third-order valence-corrected chi connectivity index (χ3v) is 3.64. The zero-order valence-electron chi connectivity index (χ0n) is 8.34. The van der Waals surface area contributed by atoms with Crippen LogP contribution in [0.2, 0.25) is 0 Å². The third kappa shape index (κ3) is 2.33. The second-order valence-electron chi connectivity index (χ2n) is 3.24. The highest BCUT2D eigenvalue weighted by Gasteiger charge is 2.25. The zero-order chi connectivity index (χ0) is 11.8. The average Bonchev–Trinajstić information content (AvgIpc) is 2.39. The van der Waals surface area contributed by atoms with Gasteiger partial charge in [0.2, 0.25) is 0 Å². The summed E-state index contributed by atoms with van der Waals surface area (Å²) in [5, 5.41) is 0.809. The van der Waals surface area contributed by atoms with E-state index in [1.54, 1.807) is 25.1 Å². The van der Waals surface area contributed by atoms with Crippen molar-refractivity contribution in [3.63, 3.8) is 0 Å². The summed E-state index contributed by atoms with van der Waals surface area (Å²) in [5.74, 6) is 0.430. The van der Waals surface area contributed by atoms with Crippen molar-refractivity contribution in [1.82, 2.24) is 0 Å². The van der Waals surface area contributed by atoms with E-state index in [0.29, 0.717) is 11.4 Å². The first kappa shape index (κ1) is 11.3. The fraction of sp³-hybridized carbons (Fsp3) is 0.100. The largest absolute Gasteiger partial charge is 0.430 e. The molecule has 84 valence electrons. The number of ether oxygens (including phenoxy) is 1. The van der Waals surface area contributed by atoms with Gasteiger partial charge in [0.25, 0.3) is 9.84 Å². The Hall–Kier alpha value is -1.14. The molecule has 0 saturated carbocycles. The van der Waals surface area contributed by atoms with E-state index in [9.17, 15) is 8.42 Å². The number of allylic oxidation sites excluding steroid dienone is 1. The van der Waals surface area contributed by atoms with Crippen molar-refractivity contribution in [2.24, 2.45) is 4.99 Å². The number of aliphatic imine (C=N–C) groups is 1. The fourth-order valence-corrected chi connectivity index (χ4v) is 2.69. The van der Waals surface area contributed by atoms with E-state index in [2.05, 4.69) is 20.9 Å². The second-order valence-corrected chi connectivity index (χ2v) is 5.83. The van der Waals surface area contributed by atoms with Gasteiger partial charge >= 0.3 is 5.23 Å². The first-order valence-corrected chi connectivity index (χ1v) is 6.77. The molecule has 0 N–H and O–H groups in total. The summed E-state index contributed by atoms with van der Waals surface area (Å²) in [7, 11) is -3.50. The van der Waals surface area contributed by atoms with Crippen LogP contribution in [-0.2, 0) is 9.84 Å². The molecule has 1 heterocycles. The maximum absolute atomic E-state index is 11.5. The van der Waals surface area contributed by atoms with Crippen LogP contribution in [0.1, 0.15) is 6.92 Å². The molecule has 1 aliphatic heterocycles. The molecule has 1 aromatic rings. The number of rotatable bonds is 1. The SMILES string of the molecule is CC1=CS(=O)(=O)C(Oc2cccc(Br)c2)=N1. The van der Waals surface area contributed by atoms with Crippen molar-refractivity contribution in [1.29, 1.82) is 0 Å². The van der Waals surface area contributed by atoms with E-state index < -0.39 is 9.84 Å². The van der Waals surface area contributed by atoms with Crippen LogP contribution < -0.4 is 4.74 Å². The van der Waals surface area contributed by atoms with E-state index in [4.69, 9.17) is 4.74 Å². The highest BCUT2D eigenvalue weighted by molar-refractivity contribution is 9.10. The van der Waals surface area contributed by atoms with Gasteiger partial charge in [-0.15, -0.1) is 0 Å². The van der Waals surface area contributed by atoms with Crippen LogP contribution >= 0.6 is 15.9 Å². The van der Waals surface area contributed by atoms with Gasteiger partial charge in [0, 0.05) is 4.47 Å². The smallest absolute Gasteiger partial charge is 0.319 e. The summed E-state index contributed by atoms with van der Waals surface area (Å²) in [6.45, 7) is 1.61. The first-order valence-electron chi connectivity index (χ1n) is 4.43. The Kier molecular flexibility index (Phi) is 2.86. The van der Waals surface area contributed by atoms with Gasteiger partial charge in [-0.3, -0.25) is 0 Å². The van der Waals surface area contributed by atoms with Crippen molar-refractivity contribution >= 4 is 31.0 Å². The summed E-state index contributed by atoms with van der Waals surface area (Å²) in [6.07, 6.45) is 0. The highest BCUT2D eigenvalue weighted by Crippen LogP contribution is 2.21. The van der Waals surface area contributed by atoms with Crippen LogP contribution in [0.25, 0.3) is 0 Å². The van der Waals surface area contributed by atoms with Crippen molar-refractivity contribution in [2.45, 2.75) is 6.92 Å². The molecule has 1 aromatic carbocycles. The van der Waals surface area contributed by atoms with Crippen LogP contribution in [0.5, 0.6) is 5.75 Å². The van der Waals surface area contributed by atoms with Crippen LogP contribution in [0.3, 0.4) is 0 Å². The Morgan fingerprint density at radius 3 is 2.69 bits per heavy atom. The van der Waals surface area contributed by atoms with Crippen LogP contribution in [0, 0.1) is 0 Å². The molecule has 0 saturated heterocycles. The van der Waals surface area contributed by atoms with Gasteiger partial charge in [0.1, 0.15) is 5.75 Å². The molecular weight excluding hydrogens is 294 g/mol. The predicted octanol–water partition coefficient (Wildman–Crippen LogP) is 2.47. The lowest BCUT2D eigenvalue weighted by atomic mass is 10.3. The van der Waals surface area contributed by atoms with Crippen LogP contribution in [0.4, 0.5) is 0 Å². The maximum Gasteiger partial charge on any atom is 0.319 e. The summed E-state index contributed by atoms with van der Waals surface area (Å²) in [5.41, 5.74) is 0.421. The molecule has 0 bridgehead atoms. The average molecular weight is 302 g/mol. The van der Waals surface area contributed by atoms with E-state index in [1.807, 2.05) is 6.07 Å². The summed E-state index contributed by atoms with van der Waals surface area (Å²) >= 11 is 3.27. The Bertz CT molecular complexity index is 590. The molecule has 0 amide bonds. The molecule has 0 aromatic heterocycles. The van der Waals surface area contributed by atoms with Crippen LogP contribution in [-0.4, -0.2) is 13.6 Å². The van der Waals surface area contributed by atoms with Crippen molar-refractivity contribution in [3.05, 3.63) is 39.8 Å². The minimum absolute atomic E-state index is 0.275. The van der Waals surface area contributed by atoms with Gasteiger partial charge in [-0.25, -0.2) is 13.4 Å². The lowest BCUT2D eigenvalue weighted by Gasteiger charge is -2.04. The molecule has 0 radical (unpaired) electrons. The zero-order valence-corrected chi connectivity index (χ0v) is 10.7. The molecule has 0 fully saturated rings. The van der Waals surface area contributed by atoms with E-state index >= 15 is 0 Å². The molecule has 0 unspecified atom stereocenters. The molecule has 6 heteroatoms. The van der Waals surface area contributed by atoms with Gasteiger partial charge < -0.3 is 4.74 Å². The molecule has 0 spiro atoms. The standard InChI is InChI=1S/C10H8BrNO3S/c1-7-6-16(13,14)10(12-7)15-9-4-2-3-8(11)5-9/h2-6H,1H3. The van der Waals surface area contributed by atoms with Gasteiger partial charge in [-0.05, 0) is 25.1 Å². The van der Waals surface area contributed by atoms with E-state index in [-0.39, 0.29) is 5.23 Å². The van der Waals surface area contributed by atoms with Gasteiger partial charge in [-0.2, -0.15) is 0 Å². The molecule has 0 aliphatic carbocycles. The highest BCUT2D eigenvalue weighted by atomic mass is 79.9. The van der Waals surface area contributed by atoms with E-state index in [0.717, 1.165) is 9.88 Å². The lowest BCUT2D eigenvalue weighted by Crippen LogP contribution is -2.15. The predicted molar refractivity (Wildman–Crippen MR) is 64.9 cm³/mol. The Balaban J connectivity index is 2.28. The summed E-state index contributed by atoms with van der Waals surface area (Å²) in [6, 6.07) is 6.91. The minimum Gasteiger partial charge on any atom is -0.430 e. The lowest BCUT2D eigenvalue weighted by molar-refractivity contribution is 0.549. The molecule has 16 heavy (non-hydrogen) atoms. The van der Waals surface area contributed by atoms with E-state index in [1.165, 1.54) is 0 Å². The van der Waals surface area contributed by atoms with Gasteiger partial charge in [-0.1, -0.05) is 22.0 Å². The monoisotopic (exact) mass is 301 g/mol. The maximum atomic E-state index is 11.5. The summed E-state index contributed by atoms with van der Waals surface area (Å²) in [4.78, 5) is 3.82. The minimum atomic E-state index is -3.50. The molecule has 1 aliphatic rings. The number of nitrogens with zero attached hydrogens (tertiary/aromatic N) is 1. The molecule has 2 rings (SSSR count). The Morgan fingerprint density at radius 2 is 2.12 bits per heavy atom. The number of hydrogen-bond acceptors (Lipinski definition) is 4. The van der Waals surface area contributed by atoms with Crippen molar-refractivity contribution < 1.29 is 13.2 Å². The number of sulfone groups is 1. The third-order valence-electron chi connectivity index (χ3n) is 1.84. The summed E-state index contributed by atoms with van der Waals surface area (Å²) < 4.78 is 29.1. The number of halogens is 1. The first-order chi connectivity index (χ1) is 7.47. The topological polar surface area (TPSA) is 55.7 Å². The normalized spacial score (nSPS) is 17.9. The molecular formula is C10H8BrNO3S. The fourth-order valence-electron chi connectivity index (χ4n) is 1.22. The second kappa shape index (κ2) is 4.03. The van der Waals surface area contributed by atoms with Crippen LogP contribution in [0.15, 0.2) is 44.8 Å². The Labute approximate surface area is 102 Å².